The van der Waals surface area contributed by atoms with Crippen LogP contribution in [0.3, 0.4) is 0 Å². The lowest BCUT2D eigenvalue weighted by molar-refractivity contribution is 0.218. The van der Waals surface area contributed by atoms with Crippen LogP contribution in [0.5, 0.6) is 0 Å². The van der Waals surface area contributed by atoms with E-state index >= 15 is 0 Å². The molecule has 2 aromatic rings. The third-order valence-corrected chi connectivity index (χ3v) is 3.99. The molecule has 1 unspecified atom stereocenters. The Balaban J connectivity index is 2.48. The van der Waals surface area contributed by atoms with E-state index in [9.17, 15) is 9.50 Å². The van der Waals surface area contributed by atoms with Crippen LogP contribution in [0.25, 0.3) is 0 Å². The first kappa shape index (κ1) is 13.2. The Bertz CT molecular complexity index is 581. The maximum Gasteiger partial charge on any atom is 0.123 e. The molecule has 1 nitrogen and oxygen atoms in total. The van der Waals surface area contributed by atoms with Crippen molar-refractivity contribution in [3.63, 3.8) is 0 Å². The first-order valence-corrected chi connectivity index (χ1v) is 6.49. The second-order valence-electron chi connectivity index (χ2n) is 4.36. The molecule has 0 bridgehead atoms. The smallest absolute Gasteiger partial charge is 0.123 e. The van der Waals surface area contributed by atoms with Crippen LogP contribution in [0.15, 0.2) is 40.9 Å². The van der Waals surface area contributed by atoms with Crippen molar-refractivity contribution >= 4 is 15.9 Å². The van der Waals surface area contributed by atoms with Gasteiger partial charge < -0.3 is 5.11 Å². The molecule has 1 atom stereocenters. The van der Waals surface area contributed by atoms with Gasteiger partial charge in [-0.05, 0) is 54.3 Å². The first-order valence-electron chi connectivity index (χ1n) is 5.70. The molecule has 0 saturated heterocycles. The van der Waals surface area contributed by atoms with Gasteiger partial charge in [0.15, 0.2) is 0 Å². The van der Waals surface area contributed by atoms with E-state index in [1.165, 1.54) is 12.1 Å². The zero-order valence-corrected chi connectivity index (χ0v) is 11.8. The van der Waals surface area contributed by atoms with Crippen LogP contribution >= 0.6 is 15.9 Å². The zero-order chi connectivity index (χ0) is 13.3. The van der Waals surface area contributed by atoms with Gasteiger partial charge in [0.2, 0.25) is 0 Å². The maximum atomic E-state index is 13.1. The van der Waals surface area contributed by atoms with Gasteiger partial charge in [-0.1, -0.05) is 34.1 Å². The minimum atomic E-state index is -0.733. The summed E-state index contributed by atoms with van der Waals surface area (Å²) in [5, 5.41) is 10.4. The third-order valence-electron chi connectivity index (χ3n) is 3.13. The van der Waals surface area contributed by atoms with Gasteiger partial charge in [0.1, 0.15) is 11.9 Å². The molecule has 0 aliphatic rings. The highest BCUT2D eigenvalue weighted by Gasteiger charge is 2.16. The molecule has 0 aliphatic carbocycles. The molecule has 0 amide bonds. The van der Waals surface area contributed by atoms with Gasteiger partial charge >= 0.3 is 0 Å². The molecule has 0 heterocycles. The van der Waals surface area contributed by atoms with Gasteiger partial charge in [0.05, 0.1) is 0 Å². The molecule has 94 valence electrons. The fourth-order valence-electron chi connectivity index (χ4n) is 2.03. The van der Waals surface area contributed by atoms with E-state index in [-0.39, 0.29) is 5.82 Å². The van der Waals surface area contributed by atoms with Gasteiger partial charge in [-0.15, -0.1) is 0 Å². The molecule has 1 N–H and O–H groups in total. The average molecular weight is 309 g/mol. The summed E-state index contributed by atoms with van der Waals surface area (Å²) in [6, 6.07) is 10.1. The van der Waals surface area contributed by atoms with E-state index in [1.54, 1.807) is 13.0 Å². The molecule has 2 aromatic carbocycles. The summed E-state index contributed by atoms with van der Waals surface area (Å²) in [7, 11) is 0. The number of hydrogen-bond donors (Lipinski definition) is 1. The molecular weight excluding hydrogens is 295 g/mol. The third kappa shape index (κ3) is 2.47. The molecule has 3 heteroatoms. The Labute approximate surface area is 114 Å². The Morgan fingerprint density at radius 1 is 1.11 bits per heavy atom. The summed E-state index contributed by atoms with van der Waals surface area (Å²) in [5.74, 6) is -0.283. The van der Waals surface area contributed by atoms with Gasteiger partial charge in [0, 0.05) is 4.47 Å². The molecule has 0 radical (unpaired) electrons. The van der Waals surface area contributed by atoms with Crippen molar-refractivity contribution in [2.45, 2.75) is 20.0 Å². The average Bonchev–Trinajstić information content (AvgIpc) is 2.32. The van der Waals surface area contributed by atoms with Crippen molar-refractivity contribution in [2.24, 2.45) is 0 Å². The molecular formula is C15H14BrFO. The van der Waals surface area contributed by atoms with Crippen LogP contribution in [-0.4, -0.2) is 5.11 Å². The number of benzene rings is 2. The number of hydrogen-bond acceptors (Lipinski definition) is 1. The van der Waals surface area contributed by atoms with Crippen molar-refractivity contribution in [1.29, 1.82) is 0 Å². The highest BCUT2D eigenvalue weighted by molar-refractivity contribution is 9.10. The molecule has 18 heavy (non-hydrogen) atoms. The summed E-state index contributed by atoms with van der Waals surface area (Å²) >= 11 is 3.45. The van der Waals surface area contributed by atoms with Gasteiger partial charge in [-0.3, -0.25) is 0 Å². The number of aryl methyl sites for hydroxylation is 1. The quantitative estimate of drug-likeness (QED) is 0.877. The number of aliphatic hydroxyl groups excluding tert-OH is 1. The summed E-state index contributed by atoms with van der Waals surface area (Å²) in [6.07, 6.45) is -0.733. The monoisotopic (exact) mass is 308 g/mol. The second kappa shape index (κ2) is 5.21. The fraction of sp³-hybridized carbons (Fsp3) is 0.200. The van der Waals surface area contributed by atoms with Crippen molar-refractivity contribution in [2.75, 3.05) is 0 Å². The summed E-state index contributed by atoms with van der Waals surface area (Å²) < 4.78 is 14.0. The number of rotatable bonds is 2. The zero-order valence-electron chi connectivity index (χ0n) is 10.2. The molecule has 0 saturated carbocycles. The van der Waals surface area contributed by atoms with Crippen LogP contribution in [0, 0.1) is 19.7 Å². The van der Waals surface area contributed by atoms with E-state index < -0.39 is 6.10 Å². The predicted molar refractivity (Wildman–Crippen MR) is 74.1 cm³/mol. The summed E-state index contributed by atoms with van der Waals surface area (Å²) in [6.45, 7) is 3.75. The summed E-state index contributed by atoms with van der Waals surface area (Å²) in [5.41, 5.74) is 3.31. The van der Waals surface area contributed by atoms with Crippen LogP contribution in [-0.2, 0) is 0 Å². The van der Waals surface area contributed by atoms with Crippen LogP contribution in [0.1, 0.15) is 28.4 Å². The van der Waals surface area contributed by atoms with Crippen molar-refractivity contribution in [1.82, 2.24) is 0 Å². The van der Waals surface area contributed by atoms with E-state index in [0.717, 1.165) is 26.7 Å². The topological polar surface area (TPSA) is 20.2 Å². The normalized spacial score (nSPS) is 12.5. The van der Waals surface area contributed by atoms with Crippen LogP contribution < -0.4 is 0 Å². The molecule has 2 rings (SSSR count). The van der Waals surface area contributed by atoms with Crippen molar-refractivity contribution in [3.05, 3.63) is 68.9 Å². The number of aliphatic hydroxyl groups is 1. The summed E-state index contributed by atoms with van der Waals surface area (Å²) in [4.78, 5) is 0. The molecule has 0 fully saturated rings. The van der Waals surface area contributed by atoms with Gasteiger partial charge in [-0.2, -0.15) is 0 Å². The largest absolute Gasteiger partial charge is 0.384 e. The fourth-order valence-corrected chi connectivity index (χ4v) is 2.42. The first-order chi connectivity index (χ1) is 8.50. The van der Waals surface area contributed by atoms with Crippen molar-refractivity contribution in [3.8, 4) is 0 Å². The Hall–Kier alpha value is -1.19. The SMILES string of the molecule is Cc1cc(F)ccc1C(O)c1cccc(Br)c1C. The van der Waals surface area contributed by atoms with Crippen LogP contribution in [0.2, 0.25) is 0 Å². The van der Waals surface area contributed by atoms with E-state index in [4.69, 9.17) is 0 Å². The second-order valence-corrected chi connectivity index (χ2v) is 5.21. The van der Waals surface area contributed by atoms with E-state index in [0.29, 0.717) is 0 Å². The standard InChI is InChI=1S/C15H14BrFO/c1-9-8-11(17)6-7-12(9)15(18)13-4-3-5-14(16)10(13)2/h3-8,15,18H,1-2H3. The van der Waals surface area contributed by atoms with E-state index in [1.807, 2.05) is 25.1 Å². The lowest BCUT2D eigenvalue weighted by Crippen LogP contribution is -2.04. The highest BCUT2D eigenvalue weighted by Crippen LogP contribution is 2.30. The Kier molecular flexibility index (Phi) is 3.83. The van der Waals surface area contributed by atoms with Gasteiger partial charge in [0.25, 0.3) is 0 Å². The predicted octanol–water partition coefficient (Wildman–Crippen LogP) is 4.29. The number of halogens is 2. The van der Waals surface area contributed by atoms with Crippen molar-refractivity contribution < 1.29 is 9.50 Å². The van der Waals surface area contributed by atoms with E-state index in [2.05, 4.69) is 15.9 Å². The highest BCUT2D eigenvalue weighted by atomic mass is 79.9. The molecule has 0 spiro atoms. The minimum absolute atomic E-state index is 0.283. The minimum Gasteiger partial charge on any atom is -0.384 e. The van der Waals surface area contributed by atoms with Crippen LogP contribution in [0.4, 0.5) is 4.39 Å². The van der Waals surface area contributed by atoms with Gasteiger partial charge in [-0.25, -0.2) is 4.39 Å². The molecule has 0 aromatic heterocycles. The Morgan fingerprint density at radius 2 is 1.83 bits per heavy atom. The lowest BCUT2D eigenvalue weighted by Gasteiger charge is -2.17. The Morgan fingerprint density at radius 3 is 2.50 bits per heavy atom. The lowest BCUT2D eigenvalue weighted by atomic mass is 9.94. The maximum absolute atomic E-state index is 13.1. The molecule has 0 aliphatic heterocycles.